The third-order valence-corrected chi connectivity index (χ3v) is 5.31. The van der Waals surface area contributed by atoms with Crippen LogP contribution in [-0.2, 0) is 4.74 Å². The van der Waals surface area contributed by atoms with Gasteiger partial charge in [0.15, 0.2) is 11.5 Å². The minimum Gasteiger partial charge on any atom is -0.378 e. The van der Waals surface area contributed by atoms with Crippen molar-refractivity contribution in [2.45, 2.75) is 31.8 Å². The van der Waals surface area contributed by atoms with E-state index < -0.39 is 0 Å². The van der Waals surface area contributed by atoms with E-state index in [0.717, 1.165) is 38.1 Å². The lowest BCUT2D eigenvalue weighted by atomic mass is 10.0. The molecule has 0 aliphatic carbocycles. The van der Waals surface area contributed by atoms with Crippen molar-refractivity contribution in [3.63, 3.8) is 0 Å². The standard InChI is InChI=1S/C20H25N3O3/c1-2-6-16-13-25-14-17-12-22(9-10-23(16)17)20(24)18-11-19(26-21-18)15-7-4-3-5-8-15/h3-5,7-8,11,16-17H,2,6,9-10,12-14H2,1H3/t16-,17+/m0/s1. The number of carbonyl (C=O) groups excluding carboxylic acids is 1. The molecule has 2 fully saturated rings. The molecule has 1 aromatic heterocycles. The van der Waals surface area contributed by atoms with E-state index in [1.54, 1.807) is 6.07 Å². The summed E-state index contributed by atoms with van der Waals surface area (Å²) in [5.74, 6) is 0.560. The maximum atomic E-state index is 12.9. The molecule has 2 aliphatic heterocycles. The monoisotopic (exact) mass is 355 g/mol. The molecular formula is C20H25N3O3. The molecule has 0 N–H and O–H groups in total. The summed E-state index contributed by atoms with van der Waals surface area (Å²) in [4.78, 5) is 17.3. The Labute approximate surface area is 153 Å². The highest BCUT2D eigenvalue weighted by Crippen LogP contribution is 2.24. The number of piperazine rings is 1. The number of amides is 1. The first-order valence-electron chi connectivity index (χ1n) is 9.41. The van der Waals surface area contributed by atoms with Gasteiger partial charge in [-0.25, -0.2) is 0 Å². The summed E-state index contributed by atoms with van der Waals surface area (Å²) in [5.41, 5.74) is 1.30. The second kappa shape index (κ2) is 7.60. The number of carbonyl (C=O) groups is 1. The molecule has 0 radical (unpaired) electrons. The molecule has 26 heavy (non-hydrogen) atoms. The molecule has 0 spiro atoms. The number of morpholine rings is 1. The molecule has 1 aromatic carbocycles. The van der Waals surface area contributed by atoms with Gasteiger partial charge in [0.2, 0.25) is 0 Å². The summed E-state index contributed by atoms with van der Waals surface area (Å²) in [5, 5.41) is 4.01. The van der Waals surface area contributed by atoms with Crippen LogP contribution in [0.1, 0.15) is 30.3 Å². The molecule has 1 amide bonds. The van der Waals surface area contributed by atoms with E-state index in [4.69, 9.17) is 9.26 Å². The van der Waals surface area contributed by atoms with Crippen molar-refractivity contribution in [2.75, 3.05) is 32.8 Å². The highest BCUT2D eigenvalue weighted by atomic mass is 16.5. The zero-order valence-corrected chi connectivity index (χ0v) is 15.1. The first kappa shape index (κ1) is 17.2. The Balaban J connectivity index is 1.44. The zero-order valence-electron chi connectivity index (χ0n) is 15.1. The second-order valence-electron chi connectivity index (χ2n) is 7.07. The van der Waals surface area contributed by atoms with Gasteiger partial charge >= 0.3 is 0 Å². The molecule has 2 atom stereocenters. The minimum atomic E-state index is -0.0619. The van der Waals surface area contributed by atoms with Gasteiger partial charge in [-0.05, 0) is 6.42 Å². The Morgan fingerprint density at radius 3 is 2.88 bits per heavy atom. The Bertz CT molecular complexity index is 744. The van der Waals surface area contributed by atoms with Crippen LogP contribution >= 0.6 is 0 Å². The maximum Gasteiger partial charge on any atom is 0.276 e. The largest absolute Gasteiger partial charge is 0.378 e. The van der Waals surface area contributed by atoms with Crippen LogP contribution in [0.3, 0.4) is 0 Å². The van der Waals surface area contributed by atoms with E-state index >= 15 is 0 Å². The van der Waals surface area contributed by atoms with Crippen molar-refractivity contribution in [1.29, 1.82) is 0 Å². The number of nitrogens with zero attached hydrogens (tertiary/aromatic N) is 3. The van der Waals surface area contributed by atoms with Gasteiger partial charge in [0.1, 0.15) is 0 Å². The molecule has 6 heteroatoms. The van der Waals surface area contributed by atoms with E-state index in [9.17, 15) is 4.79 Å². The summed E-state index contributed by atoms with van der Waals surface area (Å²) in [6.07, 6.45) is 2.30. The number of fused-ring (bicyclic) bond motifs is 1. The Morgan fingerprint density at radius 1 is 1.23 bits per heavy atom. The summed E-state index contributed by atoms with van der Waals surface area (Å²) < 4.78 is 11.2. The van der Waals surface area contributed by atoms with Crippen LogP contribution < -0.4 is 0 Å². The van der Waals surface area contributed by atoms with Gasteiger partial charge in [0.25, 0.3) is 5.91 Å². The molecule has 2 aliphatic rings. The molecule has 2 aromatic rings. The highest BCUT2D eigenvalue weighted by Gasteiger charge is 2.37. The van der Waals surface area contributed by atoms with Gasteiger partial charge in [0.05, 0.1) is 19.3 Å². The van der Waals surface area contributed by atoms with E-state index in [1.807, 2.05) is 35.2 Å². The number of aromatic nitrogens is 1. The fourth-order valence-electron chi connectivity index (χ4n) is 3.98. The Morgan fingerprint density at radius 2 is 2.08 bits per heavy atom. The molecule has 2 saturated heterocycles. The predicted molar refractivity (Wildman–Crippen MR) is 97.9 cm³/mol. The van der Waals surface area contributed by atoms with Crippen LogP contribution in [0.25, 0.3) is 11.3 Å². The zero-order chi connectivity index (χ0) is 17.9. The molecule has 0 unspecified atom stereocenters. The van der Waals surface area contributed by atoms with Crippen LogP contribution in [0.2, 0.25) is 0 Å². The smallest absolute Gasteiger partial charge is 0.276 e. The van der Waals surface area contributed by atoms with Crippen molar-refractivity contribution in [1.82, 2.24) is 15.0 Å². The van der Waals surface area contributed by atoms with Crippen LogP contribution in [0, 0.1) is 0 Å². The van der Waals surface area contributed by atoms with Crippen LogP contribution in [0.15, 0.2) is 40.9 Å². The van der Waals surface area contributed by atoms with Crippen molar-refractivity contribution in [2.24, 2.45) is 0 Å². The lowest BCUT2D eigenvalue weighted by Crippen LogP contribution is -2.62. The van der Waals surface area contributed by atoms with E-state index in [0.29, 0.717) is 30.6 Å². The quantitative estimate of drug-likeness (QED) is 0.844. The number of hydrogen-bond donors (Lipinski definition) is 0. The Hall–Kier alpha value is -2.18. The summed E-state index contributed by atoms with van der Waals surface area (Å²) in [7, 11) is 0. The van der Waals surface area contributed by atoms with Gasteiger partial charge in [-0.15, -0.1) is 0 Å². The minimum absolute atomic E-state index is 0.0619. The third kappa shape index (κ3) is 3.39. The van der Waals surface area contributed by atoms with Crippen molar-refractivity contribution in [3.05, 3.63) is 42.1 Å². The lowest BCUT2D eigenvalue weighted by molar-refractivity contribution is -0.0777. The Kier molecular flexibility index (Phi) is 5.04. The normalized spacial score (nSPS) is 23.7. The fraction of sp³-hybridized carbons (Fsp3) is 0.500. The number of benzene rings is 1. The third-order valence-electron chi connectivity index (χ3n) is 5.31. The van der Waals surface area contributed by atoms with Crippen molar-refractivity contribution >= 4 is 5.91 Å². The van der Waals surface area contributed by atoms with Gasteiger partial charge in [-0.1, -0.05) is 48.8 Å². The first-order chi connectivity index (χ1) is 12.8. The molecule has 4 rings (SSSR count). The molecule has 0 bridgehead atoms. The molecule has 3 heterocycles. The average molecular weight is 355 g/mol. The maximum absolute atomic E-state index is 12.9. The molecule has 6 nitrogen and oxygen atoms in total. The van der Waals surface area contributed by atoms with Gasteiger partial charge in [-0.3, -0.25) is 9.69 Å². The van der Waals surface area contributed by atoms with E-state index in [1.165, 1.54) is 0 Å². The molecule has 0 saturated carbocycles. The van der Waals surface area contributed by atoms with Crippen LogP contribution in [-0.4, -0.2) is 65.8 Å². The fourth-order valence-corrected chi connectivity index (χ4v) is 3.98. The number of hydrogen-bond acceptors (Lipinski definition) is 5. The van der Waals surface area contributed by atoms with Gasteiger partial charge < -0.3 is 14.2 Å². The topological polar surface area (TPSA) is 58.8 Å². The van der Waals surface area contributed by atoms with Crippen LogP contribution in [0.4, 0.5) is 0 Å². The van der Waals surface area contributed by atoms with Crippen LogP contribution in [0.5, 0.6) is 0 Å². The van der Waals surface area contributed by atoms with Crippen molar-refractivity contribution < 1.29 is 14.1 Å². The highest BCUT2D eigenvalue weighted by molar-refractivity contribution is 5.93. The van der Waals surface area contributed by atoms with Crippen molar-refractivity contribution in [3.8, 4) is 11.3 Å². The van der Waals surface area contributed by atoms with Gasteiger partial charge in [-0.2, -0.15) is 0 Å². The first-order valence-corrected chi connectivity index (χ1v) is 9.41. The second-order valence-corrected chi connectivity index (χ2v) is 7.07. The number of ether oxygens (including phenoxy) is 1. The molecule has 138 valence electrons. The lowest BCUT2D eigenvalue weighted by Gasteiger charge is -2.47. The number of rotatable bonds is 4. The SMILES string of the molecule is CCC[C@H]1COC[C@H]2CN(C(=O)c3cc(-c4ccccc4)on3)CCN12. The average Bonchev–Trinajstić information content (AvgIpc) is 3.18. The summed E-state index contributed by atoms with van der Waals surface area (Å²) in [6, 6.07) is 12.2. The molecular weight excluding hydrogens is 330 g/mol. The predicted octanol–water partition coefficient (Wildman–Crippen LogP) is 2.67. The van der Waals surface area contributed by atoms with E-state index in [2.05, 4.69) is 17.0 Å². The summed E-state index contributed by atoms with van der Waals surface area (Å²) >= 11 is 0. The van der Waals surface area contributed by atoms with Gasteiger partial charge in [0, 0.05) is 37.3 Å². The summed E-state index contributed by atoms with van der Waals surface area (Å²) in [6.45, 7) is 6.02. The van der Waals surface area contributed by atoms with E-state index in [-0.39, 0.29) is 11.9 Å².